The fourth-order valence-electron chi connectivity index (χ4n) is 2.35. The van der Waals surface area contributed by atoms with Crippen molar-refractivity contribution < 1.29 is 9.50 Å². The molecule has 1 heterocycles. The molecular weight excluding hydrogens is 231 g/mol. The summed E-state index contributed by atoms with van der Waals surface area (Å²) in [6, 6.07) is 6.66. The third kappa shape index (κ3) is 4.05. The molecule has 2 rings (SSSR count). The first-order valence-corrected chi connectivity index (χ1v) is 6.47. The average molecular weight is 252 g/mol. The second kappa shape index (κ2) is 6.27. The number of β-amino-alcohol motifs (C(OH)–C–C–N with tert-alkyl or cyclic N) is 1. The highest BCUT2D eigenvalue weighted by atomic mass is 19.1. The van der Waals surface area contributed by atoms with Gasteiger partial charge in [0, 0.05) is 32.7 Å². The van der Waals surface area contributed by atoms with Gasteiger partial charge in [-0.25, -0.2) is 4.39 Å². The maximum absolute atomic E-state index is 12.8. The van der Waals surface area contributed by atoms with Crippen LogP contribution in [0.4, 0.5) is 4.39 Å². The molecule has 0 aromatic heterocycles. The SMILES string of the molecule is CN1CCN(CCc2ccc(F)cc2)C[C@@H](O)C1. The Balaban J connectivity index is 1.84. The number of halogens is 1. The molecule has 1 aromatic carbocycles. The van der Waals surface area contributed by atoms with E-state index < -0.39 is 0 Å². The number of likely N-dealkylation sites (N-methyl/N-ethyl adjacent to an activating group) is 1. The Hall–Kier alpha value is -0.970. The predicted octanol–water partition coefficient (Wildman–Crippen LogP) is 0.976. The third-order valence-corrected chi connectivity index (χ3v) is 3.42. The van der Waals surface area contributed by atoms with E-state index in [9.17, 15) is 9.50 Å². The first kappa shape index (κ1) is 13.5. The highest BCUT2D eigenvalue weighted by molar-refractivity contribution is 5.16. The molecule has 1 aliphatic rings. The van der Waals surface area contributed by atoms with Crippen LogP contribution in [0.2, 0.25) is 0 Å². The molecule has 0 bridgehead atoms. The van der Waals surface area contributed by atoms with E-state index in [1.165, 1.54) is 12.1 Å². The zero-order valence-corrected chi connectivity index (χ0v) is 10.8. The van der Waals surface area contributed by atoms with Crippen LogP contribution in [-0.4, -0.2) is 60.8 Å². The Labute approximate surface area is 108 Å². The summed E-state index contributed by atoms with van der Waals surface area (Å²) >= 11 is 0. The van der Waals surface area contributed by atoms with Crippen molar-refractivity contribution in [2.75, 3.05) is 39.8 Å². The van der Waals surface area contributed by atoms with Crippen LogP contribution in [0.3, 0.4) is 0 Å². The molecule has 1 atom stereocenters. The molecule has 0 aliphatic carbocycles. The van der Waals surface area contributed by atoms with E-state index in [0.717, 1.165) is 44.7 Å². The first-order valence-electron chi connectivity index (χ1n) is 6.47. The Morgan fingerprint density at radius 3 is 2.67 bits per heavy atom. The Bertz CT molecular complexity index is 369. The van der Waals surface area contributed by atoms with Crippen LogP contribution in [0.15, 0.2) is 24.3 Å². The summed E-state index contributed by atoms with van der Waals surface area (Å²) in [6.45, 7) is 4.35. The summed E-state index contributed by atoms with van der Waals surface area (Å²) in [5.41, 5.74) is 1.14. The lowest BCUT2D eigenvalue weighted by atomic mass is 10.1. The van der Waals surface area contributed by atoms with Gasteiger partial charge in [0.05, 0.1) is 6.10 Å². The summed E-state index contributed by atoms with van der Waals surface area (Å²) in [5, 5.41) is 9.83. The van der Waals surface area contributed by atoms with Gasteiger partial charge in [0.15, 0.2) is 0 Å². The van der Waals surface area contributed by atoms with Crippen molar-refractivity contribution in [1.29, 1.82) is 0 Å². The lowest BCUT2D eigenvalue weighted by Crippen LogP contribution is -2.34. The van der Waals surface area contributed by atoms with Gasteiger partial charge < -0.3 is 10.0 Å². The second-order valence-electron chi connectivity index (χ2n) is 5.09. The van der Waals surface area contributed by atoms with Gasteiger partial charge in [-0.1, -0.05) is 12.1 Å². The van der Waals surface area contributed by atoms with E-state index in [2.05, 4.69) is 9.80 Å². The molecule has 0 saturated carbocycles. The van der Waals surface area contributed by atoms with Crippen molar-refractivity contribution in [3.8, 4) is 0 Å². The summed E-state index contributed by atoms with van der Waals surface area (Å²) in [6.07, 6.45) is 0.627. The smallest absolute Gasteiger partial charge is 0.123 e. The summed E-state index contributed by atoms with van der Waals surface area (Å²) < 4.78 is 12.8. The topological polar surface area (TPSA) is 26.7 Å². The van der Waals surface area contributed by atoms with E-state index >= 15 is 0 Å². The van der Waals surface area contributed by atoms with Gasteiger partial charge in [0.25, 0.3) is 0 Å². The second-order valence-corrected chi connectivity index (χ2v) is 5.09. The summed E-state index contributed by atoms with van der Waals surface area (Å²) in [4.78, 5) is 4.43. The van der Waals surface area contributed by atoms with Gasteiger partial charge in [0.2, 0.25) is 0 Å². The molecule has 0 unspecified atom stereocenters. The van der Waals surface area contributed by atoms with E-state index in [1.807, 2.05) is 19.2 Å². The molecule has 4 heteroatoms. The van der Waals surface area contributed by atoms with Crippen molar-refractivity contribution in [3.63, 3.8) is 0 Å². The number of benzene rings is 1. The minimum atomic E-state index is -0.272. The molecule has 1 saturated heterocycles. The van der Waals surface area contributed by atoms with Crippen molar-refractivity contribution >= 4 is 0 Å². The highest BCUT2D eigenvalue weighted by Gasteiger charge is 2.18. The molecule has 0 spiro atoms. The van der Waals surface area contributed by atoms with Crippen LogP contribution in [-0.2, 0) is 6.42 Å². The van der Waals surface area contributed by atoms with E-state index in [-0.39, 0.29) is 11.9 Å². The Morgan fingerprint density at radius 1 is 1.22 bits per heavy atom. The number of rotatable bonds is 3. The average Bonchev–Trinajstić information content (AvgIpc) is 2.49. The molecule has 1 aliphatic heterocycles. The first-order chi connectivity index (χ1) is 8.63. The van der Waals surface area contributed by atoms with Crippen molar-refractivity contribution in [2.24, 2.45) is 0 Å². The Morgan fingerprint density at radius 2 is 1.94 bits per heavy atom. The normalized spacial score (nSPS) is 22.9. The lowest BCUT2D eigenvalue weighted by molar-refractivity contribution is 0.116. The molecule has 0 radical (unpaired) electrons. The van der Waals surface area contributed by atoms with Crippen LogP contribution >= 0.6 is 0 Å². The van der Waals surface area contributed by atoms with E-state index in [0.29, 0.717) is 0 Å². The zero-order valence-electron chi connectivity index (χ0n) is 10.8. The van der Waals surface area contributed by atoms with E-state index in [1.54, 1.807) is 0 Å². The number of aliphatic hydroxyl groups excluding tert-OH is 1. The molecule has 100 valence electrons. The molecule has 1 N–H and O–H groups in total. The standard InChI is InChI=1S/C14H21FN2O/c1-16-8-9-17(11-14(18)10-16)7-6-12-2-4-13(15)5-3-12/h2-5,14,18H,6-11H2,1H3/t14-/m0/s1. The minimum absolute atomic E-state index is 0.189. The summed E-state index contributed by atoms with van der Waals surface area (Å²) in [7, 11) is 2.03. The maximum atomic E-state index is 12.8. The van der Waals surface area contributed by atoms with Gasteiger partial charge in [-0.2, -0.15) is 0 Å². The molecular formula is C14H21FN2O. The molecule has 1 aromatic rings. The zero-order chi connectivity index (χ0) is 13.0. The van der Waals surface area contributed by atoms with Crippen LogP contribution < -0.4 is 0 Å². The monoisotopic (exact) mass is 252 g/mol. The van der Waals surface area contributed by atoms with Gasteiger partial charge in [-0.05, 0) is 31.2 Å². The van der Waals surface area contributed by atoms with Gasteiger partial charge in [-0.15, -0.1) is 0 Å². The number of aliphatic hydroxyl groups is 1. The van der Waals surface area contributed by atoms with Crippen LogP contribution in [0, 0.1) is 5.82 Å². The Kier molecular flexibility index (Phi) is 4.69. The fraction of sp³-hybridized carbons (Fsp3) is 0.571. The van der Waals surface area contributed by atoms with Crippen LogP contribution in [0.5, 0.6) is 0 Å². The quantitative estimate of drug-likeness (QED) is 0.868. The van der Waals surface area contributed by atoms with Crippen LogP contribution in [0.1, 0.15) is 5.56 Å². The highest BCUT2D eigenvalue weighted by Crippen LogP contribution is 2.07. The largest absolute Gasteiger partial charge is 0.390 e. The predicted molar refractivity (Wildman–Crippen MR) is 70.0 cm³/mol. The summed E-state index contributed by atoms with van der Waals surface area (Å²) in [5.74, 6) is -0.189. The number of hydrogen-bond donors (Lipinski definition) is 1. The molecule has 1 fully saturated rings. The third-order valence-electron chi connectivity index (χ3n) is 3.42. The fourth-order valence-corrected chi connectivity index (χ4v) is 2.35. The van der Waals surface area contributed by atoms with Gasteiger partial charge in [0.1, 0.15) is 5.82 Å². The van der Waals surface area contributed by atoms with Gasteiger partial charge in [-0.3, -0.25) is 4.90 Å². The maximum Gasteiger partial charge on any atom is 0.123 e. The lowest BCUT2D eigenvalue weighted by Gasteiger charge is -2.21. The van der Waals surface area contributed by atoms with Crippen molar-refractivity contribution in [1.82, 2.24) is 9.80 Å². The molecule has 18 heavy (non-hydrogen) atoms. The number of hydrogen-bond acceptors (Lipinski definition) is 3. The molecule has 3 nitrogen and oxygen atoms in total. The van der Waals surface area contributed by atoms with Crippen molar-refractivity contribution in [2.45, 2.75) is 12.5 Å². The minimum Gasteiger partial charge on any atom is -0.390 e. The van der Waals surface area contributed by atoms with Crippen LogP contribution in [0.25, 0.3) is 0 Å². The number of nitrogens with zero attached hydrogens (tertiary/aromatic N) is 2. The molecule has 0 amide bonds. The van der Waals surface area contributed by atoms with Gasteiger partial charge >= 0.3 is 0 Å². The van der Waals surface area contributed by atoms with E-state index in [4.69, 9.17) is 0 Å². The van der Waals surface area contributed by atoms with Crippen molar-refractivity contribution in [3.05, 3.63) is 35.6 Å².